The maximum Gasteiger partial charge on any atom is 0.275 e. The van der Waals surface area contributed by atoms with Gasteiger partial charge in [-0.25, -0.2) is 17.5 Å². The predicted octanol–water partition coefficient (Wildman–Crippen LogP) is 4.66. The highest BCUT2D eigenvalue weighted by Gasteiger charge is 2.27. The second-order valence-electron chi connectivity index (χ2n) is 8.24. The molecule has 1 unspecified atom stereocenters. The molecule has 7 heteroatoms. The van der Waals surface area contributed by atoms with Gasteiger partial charge in [0.25, 0.3) is 5.56 Å². The van der Waals surface area contributed by atoms with Gasteiger partial charge in [-0.2, -0.15) is 5.10 Å². The number of halogens is 1. The number of sulfone groups is 1. The molecule has 5 nitrogen and oxygen atoms in total. The highest BCUT2D eigenvalue weighted by atomic mass is 32.2. The van der Waals surface area contributed by atoms with Gasteiger partial charge in [-0.15, -0.1) is 0 Å². The summed E-state index contributed by atoms with van der Waals surface area (Å²) in [5.74, 6) is -0.392. The summed E-state index contributed by atoms with van der Waals surface area (Å²) < 4.78 is 38.8. The van der Waals surface area contributed by atoms with Gasteiger partial charge in [0.05, 0.1) is 22.7 Å². The van der Waals surface area contributed by atoms with Crippen molar-refractivity contribution in [1.82, 2.24) is 9.78 Å². The minimum Gasteiger partial charge on any atom is -0.267 e. The van der Waals surface area contributed by atoms with Crippen molar-refractivity contribution in [2.75, 3.05) is 6.26 Å². The van der Waals surface area contributed by atoms with Crippen LogP contribution in [0.2, 0.25) is 0 Å². The average molecular weight is 461 g/mol. The van der Waals surface area contributed by atoms with E-state index in [1.165, 1.54) is 34.5 Å². The van der Waals surface area contributed by atoms with Crippen LogP contribution in [0.5, 0.6) is 0 Å². The molecule has 1 heterocycles. The first kappa shape index (κ1) is 21.3. The molecule has 0 radical (unpaired) electrons. The van der Waals surface area contributed by atoms with Gasteiger partial charge in [-0.3, -0.25) is 4.79 Å². The molecule has 0 saturated carbocycles. The van der Waals surface area contributed by atoms with Gasteiger partial charge in [-0.05, 0) is 59.4 Å². The Labute approximate surface area is 191 Å². The van der Waals surface area contributed by atoms with Crippen molar-refractivity contribution < 1.29 is 12.8 Å². The van der Waals surface area contributed by atoms with E-state index in [2.05, 4.69) is 11.2 Å². The predicted molar refractivity (Wildman–Crippen MR) is 125 cm³/mol. The fraction of sp³-hybridized carbons (Fsp3) is 0.154. The summed E-state index contributed by atoms with van der Waals surface area (Å²) in [6.07, 6.45) is 4.43. The molecule has 0 aliphatic heterocycles. The van der Waals surface area contributed by atoms with E-state index in [1.54, 1.807) is 30.5 Å². The Morgan fingerprint density at radius 3 is 2.30 bits per heavy atom. The van der Waals surface area contributed by atoms with Gasteiger partial charge in [0, 0.05) is 11.8 Å². The monoisotopic (exact) mass is 460 g/mol. The van der Waals surface area contributed by atoms with Gasteiger partial charge < -0.3 is 0 Å². The van der Waals surface area contributed by atoms with Crippen LogP contribution in [0.25, 0.3) is 22.3 Å². The molecule has 4 aromatic rings. The van der Waals surface area contributed by atoms with E-state index >= 15 is 0 Å². The first-order valence-electron chi connectivity index (χ1n) is 10.6. The molecule has 0 spiro atoms. The number of benzene rings is 3. The molecule has 5 rings (SSSR count). The maximum absolute atomic E-state index is 13.8. The minimum atomic E-state index is -3.35. The molecule has 0 bridgehead atoms. The van der Waals surface area contributed by atoms with E-state index in [0.717, 1.165) is 24.7 Å². The standard InChI is InChI=1S/C26H21FN2O3S/c1-33(31,32)21-13-8-18(9-14-21)23-16-28-29(24-15-10-17-4-2-3-5-22(17)24)26(30)25(23)19-6-11-20(27)12-7-19/h2-9,11-14,16,24H,10,15H2,1H3. The normalized spacial score (nSPS) is 15.4. The van der Waals surface area contributed by atoms with Crippen LogP contribution in [0.15, 0.2) is 88.7 Å². The molecular weight excluding hydrogens is 439 g/mol. The summed E-state index contributed by atoms with van der Waals surface area (Å²) in [5, 5.41) is 4.52. The van der Waals surface area contributed by atoms with Crippen molar-refractivity contribution in [1.29, 1.82) is 0 Å². The zero-order valence-corrected chi connectivity index (χ0v) is 18.7. The lowest BCUT2D eigenvalue weighted by atomic mass is 9.97. The van der Waals surface area contributed by atoms with Crippen LogP contribution in [0, 0.1) is 5.82 Å². The molecule has 33 heavy (non-hydrogen) atoms. The van der Waals surface area contributed by atoms with Crippen molar-refractivity contribution in [3.63, 3.8) is 0 Å². The number of rotatable bonds is 4. The first-order chi connectivity index (χ1) is 15.8. The maximum atomic E-state index is 13.8. The Kier molecular flexibility index (Phi) is 5.21. The highest BCUT2D eigenvalue weighted by molar-refractivity contribution is 7.90. The third-order valence-corrected chi connectivity index (χ3v) is 7.25. The Morgan fingerprint density at radius 1 is 0.939 bits per heavy atom. The van der Waals surface area contributed by atoms with Crippen molar-refractivity contribution in [3.05, 3.63) is 106 Å². The summed E-state index contributed by atoms with van der Waals surface area (Å²) in [6, 6.07) is 20.0. The SMILES string of the molecule is CS(=O)(=O)c1ccc(-c2cnn(C3CCc4ccccc43)c(=O)c2-c2ccc(F)cc2)cc1. The molecule has 1 aliphatic carbocycles. The Balaban J connectivity index is 1.70. The smallest absolute Gasteiger partial charge is 0.267 e. The second kappa shape index (κ2) is 8.08. The fourth-order valence-electron chi connectivity index (χ4n) is 4.47. The van der Waals surface area contributed by atoms with E-state index in [4.69, 9.17) is 0 Å². The average Bonchev–Trinajstić information content (AvgIpc) is 3.23. The highest BCUT2D eigenvalue weighted by Crippen LogP contribution is 2.35. The molecule has 0 amide bonds. The van der Waals surface area contributed by atoms with Crippen LogP contribution in [-0.2, 0) is 16.3 Å². The second-order valence-corrected chi connectivity index (χ2v) is 10.3. The number of nitrogens with zero attached hydrogens (tertiary/aromatic N) is 2. The van der Waals surface area contributed by atoms with Gasteiger partial charge in [0.1, 0.15) is 5.82 Å². The fourth-order valence-corrected chi connectivity index (χ4v) is 5.10. The van der Waals surface area contributed by atoms with Gasteiger partial charge in [-0.1, -0.05) is 48.5 Å². The van der Waals surface area contributed by atoms with Crippen molar-refractivity contribution in [3.8, 4) is 22.3 Å². The van der Waals surface area contributed by atoms with Crippen LogP contribution in [0.3, 0.4) is 0 Å². The molecule has 0 N–H and O–H groups in total. The summed E-state index contributed by atoms with van der Waals surface area (Å²) >= 11 is 0. The molecule has 1 aromatic heterocycles. The topological polar surface area (TPSA) is 69.0 Å². The molecule has 1 atom stereocenters. The van der Waals surface area contributed by atoms with E-state index in [0.29, 0.717) is 22.3 Å². The molecule has 0 fully saturated rings. The van der Waals surface area contributed by atoms with Crippen molar-refractivity contribution >= 4 is 9.84 Å². The Morgan fingerprint density at radius 2 is 1.61 bits per heavy atom. The molecule has 0 saturated heterocycles. The van der Waals surface area contributed by atoms with Crippen LogP contribution >= 0.6 is 0 Å². The Bertz CT molecular complexity index is 1510. The summed E-state index contributed by atoms with van der Waals surface area (Å²) in [5.41, 5.74) is 4.22. The lowest BCUT2D eigenvalue weighted by Crippen LogP contribution is -2.28. The van der Waals surface area contributed by atoms with Crippen molar-refractivity contribution in [2.24, 2.45) is 0 Å². The van der Waals surface area contributed by atoms with Crippen molar-refractivity contribution in [2.45, 2.75) is 23.8 Å². The minimum absolute atomic E-state index is 0.172. The Hall–Kier alpha value is -3.58. The van der Waals surface area contributed by atoms with E-state index in [1.807, 2.05) is 18.2 Å². The molecule has 166 valence electrons. The summed E-state index contributed by atoms with van der Waals surface area (Å²) in [7, 11) is -3.35. The summed E-state index contributed by atoms with van der Waals surface area (Å²) in [4.78, 5) is 14.0. The van der Waals surface area contributed by atoms with Gasteiger partial charge >= 0.3 is 0 Å². The van der Waals surface area contributed by atoms with Gasteiger partial charge in [0.2, 0.25) is 0 Å². The number of fused-ring (bicyclic) bond motifs is 1. The largest absolute Gasteiger partial charge is 0.275 e. The lowest BCUT2D eigenvalue weighted by Gasteiger charge is -2.18. The van der Waals surface area contributed by atoms with E-state index in [9.17, 15) is 17.6 Å². The molecule has 3 aromatic carbocycles. The molecular formula is C26H21FN2O3S. The first-order valence-corrected chi connectivity index (χ1v) is 12.5. The zero-order chi connectivity index (χ0) is 23.2. The zero-order valence-electron chi connectivity index (χ0n) is 17.9. The van der Waals surface area contributed by atoms with Crippen LogP contribution in [0.4, 0.5) is 4.39 Å². The van der Waals surface area contributed by atoms with Gasteiger partial charge in [0.15, 0.2) is 9.84 Å². The number of aryl methyl sites for hydroxylation is 1. The van der Waals surface area contributed by atoms with E-state index < -0.39 is 15.7 Å². The number of hydrogen-bond donors (Lipinski definition) is 0. The lowest BCUT2D eigenvalue weighted by molar-refractivity contribution is 0.495. The number of hydrogen-bond acceptors (Lipinski definition) is 4. The van der Waals surface area contributed by atoms with Crippen LogP contribution in [0.1, 0.15) is 23.6 Å². The van der Waals surface area contributed by atoms with E-state index in [-0.39, 0.29) is 16.5 Å². The van der Waals surface area contributed by atoms with Crippen LogP contribution in [-0.4, -0.2) is 24.5 Å². The quantitative estimate of drug-likeness (QED) is 0.444. The summed E-state index contributed by atoms with van der Waals surface area (Å²) in [6.45, 7) is 0. The number of aromatic nitrogens is 2. The van der Waals surface area contributed by atoms with Crippen LogP contribution < -0.4 is 5.56 Å². The third kappa shape index (κ3) is 3.89. The molecule has 1 aliphatic rings. The third-order valence-electron chi connectivity index (χ3n) is 6.13.